The van der Waals surface area contributed by atoms with Crippen molar-refractivity contribution in [1.29, 1.82) is 5.41 Å². The smallest absolute Gasteiger partial charge is 0.221 e. The Morgan fingerprint density at radius 3 is 2.70 bits per heavy atom. The Bertz CT molecular complexity index is 1100. The zero-order valence-electron chi connectivity index (χ0n) is 14.2. The van der Waals surface area contributed by atoms with Crippen molar-refractivity contribution in [2.24, 2.45) is 10.8 Å². The minimum absolute atomic E-state index is 0.0668. The molecule has 0 saturated heterocycles. The van der Waals surface area contributed by atoms with E-state index in [1.165, 1.54) is 0 Å². The number of nitrogen functional groups attached to an aromatic ring is 2. The lowest BCUT2D eigenvalue weighted by Gasteiger charge is -2.06. The Morgan fingerprint density at radius 1 is 1.15 bits per heavy atom. The third kappa shape index (κ3) is 3.18. The first-order chi connectivity index (χ1) is 12.9. The van der Waals surface area contributed by atoms with Crippen LogP contribution in [0.25, 0.3) is 11.3 Å². The second-order valence-corrected chi connectivity index (χ2v) is 7.06. The van der Waals surface area contributed by atoms with Crippen molar-refractivity contribution in [2.45, 2.75) is 12.8 Å². The summed E-state index contributed by atoms with van der Waals surface area (Å²) in [7, 11) is 0. The van der Waals surface area contributed by atoms with E-state index in [1.807, 2.05) is 24.3 Å². The molecule has 27 heavy (non-hydrogen) atoms. The second-order valence-electron chi connectivity index (χ2n) is 6.25. The maximum atomic E-state index is 7.74. The van der Waals surface area contributed by atoms with Crippen LogP contribution in [0.4, 0.5) is 5.95 Å². The van der Waals surface area contributed by atoms with Gasteiger partial charge in [0, 0.05) is 16.7 Å². The highest BCUT2D eigenvalue weighted by Gasteiger charge is 2.22. The number of anilines is 1. The molecule has 1 aliphatic rings. The fraction of sp³-hybridized carbons (Fsp3) is 0.105. The van der Waals surface area contributed by atoms with E-state index >= 15 is 0 Å². The van der Waals surface area contributed by atoms with Gasteiger partial charge in [-0.25, -0.2) is 9.66 Å². The van der Waals surface area contributed by atoms with Crippen molar-refractivity contribution in [3.8, 4) is 11.3 Å². The molecule has 5 N–H and O–H groups in total. The number of hydrogen-bond donors (Lipinski definition) is 3. The molecule has 0 unspecified atom stereocenters. The molecule has 0 aliphatic heterocycles. The molecule has 4 rings (SSSR count). The molecule has 1 heterocycles. The van der Waals surface area contributed by atoms with Crippen molar-refractivity contribution >= 4 is 40.7 Å². The van der Waals surface area contributed by atoms with Gasteiger partial charge >= 0.3 is 0 Å². The number of imidazole rings is 1. The molecule has 2 aromatic carbocycles. The van der Waals surface area contributed by atoms with Gasteiger partial charge in [-0.05, 0) is 30.5 Å². The number of nitrogens with two attached hydrogens (primary N) is 2. The zero-order valence-corrected chi connectivity index (χ0v) is 15.7. The number of benzene rings is 2. The van der Waals surface area contributed by atoms with Crippen LogP contribution in [-0.2, 0) is 6.42 Å². The lowest BCUT2D eigenvalue weighted by molar-refractivity contribution is 0.883. The molecule has 0 saturated carbocycles. The monoisotopic (exact) mass is 398 g/mol. The fourth-order valence-electron chi connectivity index (χ4n) is 3.25. The Kier molecular flexibility index (Phi) is 4.37. The Labute approximate surface area is 165 Å². The van der Waals surface area contributed by atoms with Crippen LogP contribution in [0, 0.1) is 5.41 Å². The minimum Gasteiger partial charge on any atom is -0.384 e. The zero-order chi connectivity index (χ0) is 19.1. The molecular formula is C19H16Cl2N6. The predicted molar refractivity (Wildman–Crippen MR) is 110 cm³/mol. The molecule has 136 valence electrons. The Hall–Kier alpha value is -2.83. The molecular weight excluding hydrogens is 383 g/mol. The third-order valence-electron chi connectivity index (χ3n) is 4.55. The number of halogens is 2. The lowest BCUT2D eigenvalue weighted by atomic mass is 10.0. The quantitative estimate of drug-likeness (QED) is 0.459. The van der Waals surface area contributed by atoms with Crippen LogP contribution in [0.5, 0.6) is 0 Å². The van der Waals surface area contributed by atoms with Crippen LogP contribution in [0.15, 0.2) is 47.7 Å². The molecule has 0 amide bonds. The van der Waals surface area contributed by atoms with Gasteiger partial charge in [0.1, 0.15) is 5.84 Å². The average molecular weight is 399 g/mol. The SMILES string of the molecule is N=C(N)c1cccc2c1CC/C2=N\n1cc(-c2ccc(Cl)c(Cl)c2)nc1N. The van der Waals surface area contributed by atoms with Gasteiger partial charge < -0.3 is 11.5 Å². The van der Waals surface area contributed by atoms with Gasteiger partial charge in [0.05, 0.1) is 27.6 Å². The molecule has 0 fully saturated rings. The molecule has 0 bridgehead atoms. The van der Waals surface area contributed by atoms with Gasteiger partial charge in [-0.15, -0.1) is 0 Å². The molecule has 0 radical (unpaired) electrons. The van der Waals surface area contributed by atoms with Gasteiger partial charge in [0.25, 0.3) is 0 Å². The highest BCUT2D eigenvalue weighted by molar-refractivity contribution is 6.42. The number of amidine groups is 1. The first-order valence-electron chi connectivity index (χ1n) is 8.29. The molecule has 0 atom stereocenters. The summed E-state index contributed by atoms with van der Waals surface area (Å²) in [6.07, 6.45) is 3.30. The van der Waals surface area contributed by atoms with E-state index in [4.69, 9.17) is 40.1 Å². The van der Waals surface area contributed by atoms with E-state index in [0.29, 0.717) is 15.7 Å². The third-order valence-corrected chi connectivity index (χ3v) is 5.29. The van der Waals surface area contributed by atoms with Crippen LogP contribution < -0.4 is 11.5 Å². The van der Waals surface area contributed by atoms with Crippen molar-refractivity contribution in [3.63, 3.8) is 0 Å². The maximum absolute atomic E-state index is 7.74. The molecule has 6 nitrogen and oxygen atoms in total. The summed E-state index contributed by atoms with van der Waals surface area (Å²) >= 11 is 12.1. The van der Waals surface area contributed by atoms with E-state index in [0.717, 1.165) is 40.8 Å². The topological polar surface area (TPSA) is 106 Å². The van der Waals surface area contributed by atoms with Crippen LogP contribution >= 0.6 is 23.2 Å². The van der Waals surface area contributed by atoms with Crippen LogP contribution in [0.3, 0.4) is 0 Å². The van der Waals surface area contributed by atoms with Crippen LogP contribution in [0.2, 0.25) is 10.0 Å². The van der Waals surface area contributed by atoms with Gasteiger partial charge in [-0.1, -0.05) is 47.5 Å². The summed E-state index contributed by atoms with van der Waals surface area (Å²) in [4.78, 5) is 4.37. The first kappa shape index (κ1) is 17.6. The number of nitrogens with one attached hydrogen (secondary N) is 1. The largest absolute Gasteiger partial charge is 0.384 e. The number of aromatic nitrogens is 2. The lowest BCUT2D eigenvalue weighted by Crippen LogP contribution is -2.13. The fourth-order valence-corrected chi connectivity index (χ4v) is 3.55. The summed E-state index contributed by atoms with van der Waals surface area (Å²) in [5.41, 5.74) is 16.9. The first-order valence-corrected chi connectivity index (χ1v) is 9.04. The standard InChI is InChI=1S/C19H16Cl2N6/c20-14-6-4-10(8-15(14)21)17-9-27(19(24)25-17)26-16-7-5-11-12(16)2-1-3-13(11)18(22)23/h1-4,6,8-9H,5,7H2,(H3,22,23)(H2,24,25)/b26-16+. The summed E-state index contributed by atoms with van der Waals surface area (Å²) in [6, 6.07) is 11.0. The Balaban J connectivity index is 1.73. The number of hydrogen-bond acceptors (Lipinski definition) is 4. The van der Waals surface area contributed by atoms with Gasteiger partial charge in [-0.3, -0.25) is 5.41 Å². The minimum atomic E-state index is 0.0668. The molecule has 1 aliphatic carbocycles. The van der Waals surface area contributed by atoms with E-state index in [-0.39, 0.29) is 11.8 Å². The predicted octanol–water partition coefficient (Wildman–Crippen LogP) is 3.92. The van der Waals surface area contributed by atoms with E-state index < -0.39 is 0 Å². The van der Waals surface area contributed by atoms with Crippen molar-refractivity contribution in [2.75, 3.05) is 5.73 Å². The molecule has 1 aromatic heterocycles. The van der Waals surface area contributed by atoms with E-state index in [1.54, 1.807) is 23.0 Å². The van der Waals surface area contributed by atoms with Crippen molar-refractivity contribution in [3.05, 3.63) is 69.3 Å². The van der Waals surface area contributed by atoms with Crippen molar-refractivity contribution < 1.29 is 0 Å². The highest BCUT2D eigenvalue weighted by atomic mass is 35.5. The second kappa shape index (κ2) is 6.72. The van der Waals surface area contributed by atoms with Crippen LogP contribution in [0.1, 0.15) is 23.1 Å². The molecule has 3 aromatic rings. The van der Waals surface area contributed by atoms with E-state index in [2.05, 4.69) is 10.1 Å². The molecule has 0 spiro atoms. The summed E-state index contributed by atoms with van der Waals surface area (Å²) in [6.45, 7) is 0. The maximum Gasteiger partial charge on any atom is 0.221 e. The summed E-state index contributed by atoms with van der Waals surface area (Å²) in [5.74, 6) is 0.344. The average Bonchev–Trinajstić information content (AvgIpc) is 3.21. The van der Waals surface area contributed by atoms with Gasteiger partial charge in [0.2, 0.25) is 5.95 Å². The summed E-state index contributed by atoms with van der Waals surface area (Å²) < 4.78 is 1.56. The number of rotatable bonds is 3. The van der Waals surface area contributed by atoms with Gasteiger partial charge in [0.15, 0.2) is 0 Å². The van der Waals surface area contributed by atoms with Gasteiger partial charge in [-0.2, -0.15) is 5.10 Å². The highest BCUT2D eigenvalue weighted by Crippen LogP contribution is 2.29. The van der Waals surface area contributed by atoms with Crippen LogP contribution in [-0.4, -0.2) is 21.2 Å². The number of fused-ring (bicyclic) bond motifs is 1. The van der Waals surface area contributed by atoms with Crippen molar-refractivity contribution in [1.82, 2.24) is 9.66 Å². The normalized spacial score (nSPS) is 14.5. The molecule has 8 heteroatoms. The Morgan fingerprint density at radius 2 is 1.96 bits per heavy atom. The van der Waals surface area contributed by atoms with E-state index in [9.17, 15) is 0 Å². The summed E-state index contributed by atoms with van der Waals surface area (Å²) in [5, 5.41) is 13.3. The number of nitrogens with zero attached hydrogens (tertiary/aromatic N) is 3.